The van der Waals surface area contributed by atoms with E-state index in [9.17, 15) is 0 Å². The molecule has 0 aliphatic carbocycles. The van der Waals surface area contributed by atoms with Crippen molar-refractivity contribution >= 4 is 0 Å². The van der Waals surface area contributed by atoms with Crippen molar-refractivity contribution in [2.75, 3.05) is 26.2 Å². The molecule has 1 aromatic carbocycles. The molecule has 1 atom stereocenters. The number of rotatable bonds is 5. The van der Waals surface area contributed by atoms with E-state index in [0.717, 1.165) is 25.4 Å². The van der Waals surface area contributed by atoms with Gasteiger partial charge in [0.1, 0.15) is 12.4 Å². The Morgan fingerprint density at radius 2 is 2.06 bits per heavy atom. The van der Waals surface area contributed by atoms with E-state index in [2.05, 4.69) is 10.6 Å². The highest BCUT2D eigenvalue weighted by atomic mass is 16.5. The zero-order chi connectivity index (χ0) is 11.8. The van der Waals surface area contributed by atoms with E-state index in [1.807, 2.05) is 30.3 Å². The number of para-hydroxylation sites is 1. The van der Waals surface area contributed by atoms with Crippen molar-refractivity contribution < 1.29 is 4.74 Å². The van der Waals surface area contributed by atoms with Crippen LogP contribution in [0.5, 0.6) is 5.75 Å². The summed E-state index contributed by atoms with van der Waals surface area (Å²) in [6.45, 7) is 3.98. The molecule has 2 N–H and O–H groups in total. The van der Waals surface area contributed by atoms with Gasteiger partial charge in [0.05, 0.1) is 0 Å². The molecular formula is C14H22N2O. The predicted octanol–water partition coefficient (Wildman–Crippen LogP) is 1.80. The van der Waals surface area contributed by atoms with Crippen LogP contribution in [0.1, 0.15) is 19.3 Å². The smallest absolute Gasteiger partial charge is 0.119 e. The largest absolute Gasteiger partial charge is 0.492 e. The van der Waals surface area contributed by atoms with Crippen LogP contribution in [0.4, 0.5) is 0 Å². The topological polar surface area (TPSA) is 33.3 Å². The molecule has 17 heavy (non-hydrogen) atoms. The van der Waals surface area contributed by atoms with Gasteiger partial charge in [-0.05, 0) is 44.5 Å². The third-order valence-electron chi connectivity index (χ3n) is 3.12. The summed E-state index contributed by atoms with van der Waals surface area (Å²) in [7, 11) is 0. The van der Waals surface area contributed by atoms with Crippen LogP contribution in [-0.4, -0.2) is 32.3 Å². The highest BCUT2D eigenvalue weighted by molar-refractivity contribution is 5.20. The number of nitrogens with one attached hydrogen (secondary N) is 2. The fraction of sp³-hybridized carbons (Fsp3) is 0.571. The van der Waals surface area contributed by atoms with Gasteiger partial charge in [0.15, 0.2) is 0 Å². The van der Waals surface area contributed by atoms with Crippen LogP contribution in [0.15, 0.2) is 30.3 Å². The summed E-state index contributed by atoms with van der Waals surface area (Å²) in [5, 5.41) is 6.99. The first kappa shape index (κ1) is 12.4. The van der Waals surface area contributed by atoms with Crippen LogP contribution >= 0.6 is 0 Å². The van der Waals surface area contributed by atoms with E-state index >= 15 is 0 Å². The Kier molecular flexibility index (Phi) is 5.33. The lowest BCUT2D eigenvalue weighted by molar-refractivity contribution is 0.301. The van der Waals surface area contributed by atoms with Crippen molar-refractivity contribution in [3.8, 4) is 5.75 Å². The summed E-state index contributed by atoms with van der Waals surface area (Å²) in [5.41, 5.74) is 0. The van der Waals surface area contributed by atoms with Gasteiger partial charge in [-0.25, -0.2) is 0 Å². The van der Waals surface area contributed by atoms with Crippen LogP contribution in [-0.2, 0) is 0 Å². The van der Waals surface area contributed by atoms with Crippen LogP contribution in [0.3, 0.4) is 0 Å². The Morgan fingerprint density at radius 3 is 2.94 bits per heavy atom. The van der Waals surface area contributed by atoms with Gasteiger partial charge in [-0.2, -0.15) is 0 Å². The second-order valence-corrected chi connectivity index (χ2v) is 4.49. The minimum Gasteiger partial charge on any atom is -0.492 e. The zero-order valence-electron chi connectivity index (χ0n) is 10.3. The third kappa shape index (κ3) is 4.75. The SMILES string of the molecule is c1ccc(OCCNC2CCCNCC2)cc1. The number of ether oxygens (including phenoxy) is 1. The van der Waals surface area contributed by atoms with Gasteiger partial charge in [-0.15, -0.1) is 0 Å². The molecule has 1 unspecified atom stereocenters. The summed E-state index contributed by atoms with van der Waals surface area (Å²) >= 11 is 0. The fourth-order valence-electron chi connectivity index (χ4n) is 2.17. The molecule has 1 fully saturated rings. The average molecular weight is 234 g/mol. The van der Waals surface area contributed by atoms with E-state index in [-0.39, 0.29) is 0 Å². The maximum atomic E-state index is 5.65. The summed E-state index contributed by atoms with van der Waals surface area (Å²) in [5.74, 6) is 0.955. The minimum absolute atomic E-state index is 0.657. The van der Waals surface area contributed by atoms with Crippen molar-refractivity contribution in [1.82, 2.24) is 10.6 Å². The molecule has 0 radical (unpaired) electrons. The van der Waals surface area contributed by atoms with Gasteiger partial charge in [0.25, 0.3) is 0 Å². The van der Waals surface area contributed by atoms with Crippen LogP contribution in [0.25, 0.3) is 0 Å². The van der Waals surface area contributed by atoms with E-state index in [4.69, 9.17) is 4.74 Å². The molecule has 1 aliphatic rings. The minimum atomic E-state index is 0.657. The Morgan fingerprint density at radius 1 is 1.18 bits per heavy atom. The number of hydrogen-bond donors (Lipinski definition) is 2. The molecule has 1 heterocycles. The molecule has 94 valence electrons. The molecule has 3 nitrogen and oxygen atoms in total. The Balaban J connectivity index is 1.59. The molecule has 1 saturated heterocycles. The standard InChI is InChI=1S/C14H22N2O/c1-2-6-14(7-3-1)17-12-11-16-13-5-4-9-15-10-8-13/h1-3,6-7,13,15-16H,4-5,8-12H2. The van der Waals surface area contributed by atoms with Gasteiger partial charge >= 0.3 is 0 Å². The lowest BCUT2D eigenvalue weighted by atomic mass is 10.1. The van der Waals surface area contributed by atoms with Crippen LogP contribution < -0.4 is 15.4 Å². The second-order valence-electron chi connectivity index (χ2n) is 4.49. The van der Waals surface area contributed by atoms with Crippen molar-refractivity contribution in [2.24, 2.45) is 0 Å². The van der Waals surface area contributed by atoms with E-state index < -0.39 is 0 Å². The average Bonchev–Trinajstić information content (AvgIpc) is 2.65. The molecule has 1 aliphatic heterocycles. The molecule has 3 heteroatoms. The van der Waals surface area contributed by atoms with Crippen LogP contribution in [0, 0.1) is 0 Å². The van der Waals surface area contributed by atoms with E-state index in [1.54, 1.807) is 0 Å². The Hall–Kier alpha value is -1.06. The first-order valence-corrected chi connectivity index (χ1v) is 6.57. The van der Waals surface area contributed by atoms with Crippen molar-refractivity contribution in [1.29, 1.82) is 0 Å². The predicted molar refractivity (Wildman–Crippen MR) is 70.4 cm³/mol. The maximum Gasteiger partial charge on any atom is 0.119 e. The van der Waals surface area contributed by atoms with Crippen LogP contribution in [0.2, 0.25) is 0 Å². The monoisotopic (exact) mass is 234 g/mol. The van der Waals surface area contributed by atoms with Crippen molar-refractivity contribution in [2.45, 2.75) is 25.3 Å². The van der Waals surface area contributed by atoms with Gasteiger partial charge < -0.3 is 15.4 Å². The number of benzene rings is 1. The van der Waals surface area contributed by atoms with Gasteiger partial charge in [-0.1, -0.05) is 18.2 Å². The summed E-state index contributed by atoms with van der Waals surface area (Å²) in [6, 6.07) is 10.7. The molecule has 1 aromatic rings. The van der Waals surface area contributed by atoms with Gasteiger partial charge in [0.2, 0.25) is 0 Å². The molecule has 0 spiro atoms. The van der Waals surface area contributed by atoms with E-state index in [0.29, 0.717) is 6.04 Å². The van der Waals surface area contributed by atoms with E-state index in [1.165, 1.54) is 25.8 Å². The third-order valence-corrected chi connectivity index (χ3v) is 3.12. The number of hydrogen-bond acceptors (Lipinski definition) is 3. The van der Waals surface area contributed by atoms with Gasteiger partial charge in [-0.3, -0.25) is 0 Å². The first-order chi connectivity index (χ1) is 8.45. The normalized spacial score (nSPS) is 20.8. The highest BCUT2D eigenvalue weighted by Crippen LogP contribution is 2.08. The quantitative estimate of drug-likeness (QED) is 0.762. The maximum absolute atomic E-state index is 5.65. The molecule has 0 saturated carbocycles. The van der Waals surface area contributed by atoms with Gasteiger partial charge in [0, 0.05) is 12.6 Å². The summed E-state index contributed by atoms with van der Waals surface area (Å²) < 4.78 is 5.65. The fourth-order valence-corrected chi connectivity index (χ4v) is 2.17. The first-order valence-electron chi connectivity index (χ1n) is 6.57. The molecule has 0 bridgehead atoms. The highest BCUT2D eigenvalue weighted by Gasteiger charge is 2.10. The second kappa shape index (κ2) is 7.30. The summed E-state index contributed by atoms with van der Waals surface area (Å²) in [4.78, 5) is 0. The molecule has 0 amide bonds. The van der Waals surface area contributed by atoms with Crippen molar-refractivity contribution in [3.63, 3.8) is 0 Å². The molecule has 2 rings (SSSR count). The zero-order valence-corrected chi connectivity index (χ0v) is 10.3. The van der Waals surface area contributed by atoms with Crippen molar-refractivity contribution in [3.05, 3.63) is 30.3 Å². The lowest BCUT2D eigenvalue weighted by Crippen LogP contribution is -2.33. The molecular weight excluding hydrogens is 212 g/mol. The summed E-state index contributed by atoms with van der Waals surface area (Å²) in [6.07, 6.45) is 3.78. The Bertz CT molecular complexity index is 294. The molecule has 0 aromatic heterocycles. The lowest BCUT2D eigenvalue weighted by Gasteiger charge is -2.16. The Labute approximate surface area is 104 Å².